The van der Waals surface area contributed by atoms with Crippen molar-refractivity contribution in [1.29, 1.82) is 0 Å². The number of nitrogens with zero attached hydrogens (tertiary/aromatic N) is 4. The van der Waals surface area contributed by atoms with Crippen LogP contribution in [0.1, 0.15) is 22.8 Å². The van der Waals surface area contributed by atoms with Crippen LogP contribution in [-0.4, -0.2) is 280 Å². The molecule has 473 valence electrons. The normalized spacial score (nSPS) is 23.4. The Hall–Kier alpha value is -5.90. The number of hydrogen-bond donors (Lipinski definition) is 8. The minimum absolute atomic E-state index is 0. The number of fused-ring (bicyclic) bond motifs is 8. The van der Waals surface area contributed by atoms with Crippen LogP contribution in [0.4, 0.5) is 0 Å². The third kappa shape index (κ3) is 15.4. The van der Waals surface area contributed by atoms with Gasteiger partial charge < -0.3 is 79.2 Å². The molecular formula is C61H54B20CuN4O14. The van der Waals surface area contributed by atoms with Gasteiger partial charge in [0.2, 0.25) is 12.6 Å². The third-order valence-corrected chi connectivity index (χ3v) is 19.5. The van der Waals surface area contributed by atoms with E-state index in [4.69, 9.17) is 126 Å². The largest absolute Gasteiger partial charge is 2.00 e. The van der Waals surface area contributed by atoms with E-state index >= 15 is 0 Å². The summed E-state index contributed by atoms with van der Waals surface area (Å²) in [4.78, 5) is 21.8. The molecule has 12 unspecified atom stereocenters. The number of benzene rings is 4. The molecule has 0 saturated carbocycles. The number of aromatic nitrogens is 4. The molecule has 9 heterocycles. The average molecular weight is 1350 g/mol. The van der Waals surface area contributed by atoms with E-state index in [1.807, 2.05) is 109 Å². The van der Waals surface area contributed by atoms with Crippen molar-refractivity contribution >= 4 is 188 Å². The van der Waals surface area contributed by atoms with Crippen LogP contribution in [0.2, 0.25) is 18.5 Å². The fourth-order valence-corrected chi connectivity index (χ4v) is 14.0. The van der Waals surface area contributed by atoms with Gasteiger partial charge in [0.15, 0.2) is 0 Å². The smallest absolute Gasteiger partial charge is 0.657 e. The molecule has 39 heteroatoms. The summed E-state index contributed by atoms with van der Waals surface area (Å²) in [6.45, 7) is -1.10. The van der Waals surface area contributed by atoms with Crippen LogP contribution in [0.15, 0.2) is 121 Å². The van der Waals surface area contributed by atoms with Gasteiger partial charge in [-0.1, -0.05) is 79.1 Å². The number of hydrogen-bond acceptors (Lipinski definition) is 16. The van der Waals surface area contributed by atoms with Gasteiger partial charge in [-0.25, -0.2) is 9.97 Å². The van der Waals surface area contributed by atoms with Crippen LogP contribution in [0.5, 0.6) is 23.0 Å². The quantitative estimate of drug-likeness (QED) is 0.0329. The van der Waals surface area contributed by atoms with Crippen molar-refractivity contribution in [2.24, 2.45) is 0 Å². The Labute approximate surface area is 607 Å². The molecule has 0 spiro atoms. The molecule has 13 rings (SSSR count). The van der Waals surface area contributed by atoms with Crippen LogP contribution >= 0.6 is 0 Å². The van der Waals surface area contributed by atoms with Crippen molar-refractivity contribution in [2.75, 3.05) is 19.8 Å². The van der Waals surface area contributed by atoms with Gasteiger partial charge in [0, 0.05) is 128 Å². The molecule has 3 aromatic heterocycles. The van der Waals surface area contributed by atoms with Gasteiger partial charge in [-0.15, -0.1) is 22.1 Å². The van der Waals surface area contributed by atoms with Gasteiger partial charge in [-0.2, -0.15) is 0 Å². The summed E-state index contributed by atoms with van der Waals surface area (Å²) in [7, 11) is 62.1. The summed E-state index contributed by atoms with van der Waals surface area (Å²) in [5, 5.41) is 85.0. The fourth-order valence-electron chi connectivity index (χ4n) is 14.0. The Morgan fingerprint density at radius 2 is 0.780 bits per heavy atom. The van der Waals surface area contributed by atoms with Crippen molar-refractivity contribution in [3.8, 4) is 67.5 Å². The Morgan fingerprint density at radius 1 is 0.430 bits per heavy atom. The Balaban J connectivity index is 0.00000948. The summed E-state index contributed by atoms with van der Waals surface area (Å²) in [5.74, 6) is 1.51. The maximum atomic E-state index is 11.1. The molecule has 4 saturated heterocycles. The number of rotatable bonds is 23. The minimum Gasteiger partial charge on any atom is -0.657 e. The van der Waals surface area contributed by atoms with E-state index in [0.29, 0.717) is 114 Å². The van der Waals surface area contributed by atoms with E-state index in [2.05, 4.69) is 0 Å². The standard InChI is InChI=1S/C61H54B20N4O14.Cu/c62-74(63)78(70)80(76(66)67)72-25-34(72)29-94-35-9-1-5-30(21-35)50-39-13-15-43(82-39)52(32-7-3-11-37(23-32)96-60-58(92)56(90)54(88)47(27-86)98-60)45-19-17-41(84-45)51(31-6-2-10-36(22-31)95-49-26-73(49)81(77(68)69)79(71)75(64)65)42-18-20-46(85-42)53(44-16-14-40(50)83-44)33-8-4-12-38(24-33)97-61-59(93)57(91)55(89)48(28-87)99-61;/h1-24,34,47-49,54-61,86-93H,25-29H2;/q-2;+2. The molecule has 21 radical (unpaired) electrons. The molecule has 6 aliphatic heterocycles. The monoisotopic (exact) mass is 1350 g/mol. The molecule has 18 nitrogen and oxygen atoms in total. The maximum absolute atomic E-state index is 11.1. The topological polar surface area (TPSA) is 271 Å². The van der Waals surface area contributed by atoms with Gasteiger partial charge in [0.25, 0.3) is 0 Å². The first-order valence-electron chi connectivity index (χ1n) is 32.8. The molecule has 0 amide bonds. The molecule has 8 bridgehead atoms. The molecule has 12 atom stereocenters. The van der Waals surface area contributed by atoms with Crippen molar-refractivity contribution in [2.45, 2.75) is 85.9 Å². The second-order valence-corrected chi connectivity index (χ2v) is 26.2. The van der Waals surface area contributed by atoms with Crippen LogP contribution in [0, 0.1) is 0 Å². The van der Waals surface area contributed by atoms with Gasteiger partial charge in [-0.05, 0) is 129 Å². The Morgan fingerprint density at radius 3 is 1.14 bits per heavy atom. The van der Waals surface area contributed by atoms with Crippen LogP contribution in [0.25, 0.3) is 90.9 Å². The van der Waals surface area contributed by atoms with Crippen molar-refractivity contribution in [3.05, 3.63) is 144 Å². The summed E-state index contributed by atoms with van der Waals surface area (Å²) in [6, 6.07) is 36.1. The van der Waals surface area contributed by atoms with E-state index in [-0.39, 0.29) is 60.0 Å². The van der Waals surface area contributed by atoms with Gasteiger partial charge in [0.05, 0.1) is 55.2 Å². The first-order valence-corrected chi connectivity index (χ1v) is 32.8. The number of aliphatic hydroxyl groups excluding tert-OH is 8. The fraction of sp³-hybridized carbons (Fsp3) is 0.279. The van der Waals surface area contributed by atoms with E-state index < -0.39 is 119 Å². The first kappa shape index (κ1) is 73.8. The molecule has 6 aliphatic rings. The third-order valence-electron chi connectivity index (χ3n) is 19.5. The van der Waals surface area contributed by atoms with Gasteiger partial charge in [0.1, 0.15) is 78.4 Å². The zero-order valence-corrected chi connectivity index (χ0v) is 54.9. The SMILES string of the molecule is [B]B([B])B([B])B(B([B])[B])B1CC1COc1cccc(-c2c3nc(c(-c4cccc(OC5OC(CO)C(O)C(O)C5O)c4)c4ccc([n-]4)c(-c4cccc(OC5CB5B(B([B])[B])B([B])B([B])[B])c4)c4nc(c(-c5cccc(OC6OC(CO)C(O)C(O)C6O)c5)c5ccc2[n-]5)C=C4)C=C3)c1.[Cu+2]. The van der Waals surface area contributed by atoms with E-state index in [9.17, 15) is 40.9 Å². The first-order chi connectivity index (χ1) is 47.6. The Bertz CT molecular complexity index is 4260. The molecule has 8 N–H and O–H groups in total. The average Bonchev–Trinajstić information content (AvgIpc) is 1.61. The number of aliphatic hydroxyl groups is 8. The van der Waals surface area contributed by atoms with Gasteiger partial charge >= 0.3 is 17.1 Å². The second-order valence-electron chi connectivity index (χ2n) is 26.2. The van der Waals surface area contributed by atoms with Crippen LogP contribution in [0.3, 0.4) is 0 Å². The maximum Gasteiger partial charge on any atom is 2.00 e. The molecule has 4 aromatic carbocycles. The summed E-state index contributed by atoms with van der Waals surface area (Å²) >= 11 is 0. The zero-order chi connectivity index (χ0) is 69.8. The molecule has 100 heavy (non-hydrogen) atoms. The summed E-state index contributed by atoms with van der Waals surface area (Å²) < 4.78 is 37.2. The number of ether oxygens (including phenoxy) is 6. The molecule has 4 fully saturated rings. The van der Waals surface area contributed by atoms with Crippen molar-refractivity contribution < 1.29 is 86.3 Å². The summed E-state index contributed by atoms with van der Waals surface area (Å²) in [6.07, 6.45) is -11.9. The van der Waals surface area contributed by atoms with Crippen molar-refractivity contribution in [1.82, 2.24) is 19.9 Å². The zero-order valence-electron chi connectivity index (χ0n) is 54.0. The Kier molecular flexibility index (Phi) is 23.0. The van der Waals surface area contributed by atoms with Crippen LogP contribution in [-0.2, 0) is 26.5 Å². The second kappa shape index (κ2) is 31.2. The molecule has 0 aliphatic carbocycles. The van der Waals surface area contributed by atoms with E-state index in [0.717, 1.165) is 6.32 Å². The molecular weight excluding hydrogens is 1290 g/mol. The van der Waals surface area contributed by atoms with E-state index in [1.165, 1.54) is 0 Å². The summed E-state index contributed by atoms with van der Waals surface area (Å²) in [5.41, 5.74) is 8.49. The predicted molar refractivity (Wildman–Crippen MR) is 406 cm³/mol. The van der Waals surface area contributed by atoms with E-state index in [1.54, 1.807) is 36.4 Å². The minimum atomic E-state index is -1.70. The van der Waals surface area contributed by atoms with Crippen molar-refractivity contribution in [3.63, 3.8) is 0 Å². The predicted octanol–water partition coefficient (Wildman–Crippen LogP) is -1.77. The molecule has 7 aromatic rings. The van der Waals surface area contributed by atoms with Crippen LogP contribution < -0.4 is 28.9 Å². The van der Waals surface area contributed by atoms with Gasteiger partial charge in [-0.3, -0.25) is 0 Å².